The molecule has 50 heavy (non-hydrogen) atoms. The molecule has 11 nitrogen and oxygen atoms in total. The highest BCUT2D eigenvalue weighted by molar-refractivity contribution is 5.69. The maximum Gasteiger partial charge on any atom is 0.305 e. The van der Waals surface area contributed by atoms with Crippen molar-refractivity contribution in [2.75, 3.05) is 132 Å². The van der Waals surface area contributed by atoms with E-state index in [1.807, 2.05) is 0 Å². The third-order valence-corrected chi connectivity index (χ3v) is 7.67. The Morgan fingerprint density at radius 3 is 0.860 bits per heavy atom. The predicted octanol–water partition coefficient (Wildman–Crippen LogP) is 6.91. The number of hydrogen-bond donors (Lipinski definition) is 0. The van der Waals surface area contributed by atoms with Crippen LogP contribution in [0.15, 0.2) is 0 Å². The van der Waals surface area contributed by atoms with E-state index in [2.05, 4.69) is 6.92 Å². The first-order valence-electron chi connectivity index (χ1n) is 19.7. The zero-order chi connectivity index (χ0) is 36.1. The van der Waals surface area contributed by atoms with Gasteiger partial charge in [0, 0.05) is 6.42 Å². The maximum absolute atomic E-state index is 11.9. The molecule has 300 valence electrons. The summed E-state index contributed by atoms with van der Waals surface area (Å²) in [5.74, 6) is -0.133. The molecule has 0 N–H and O–H groups in total. The summed E-state index contributed by atoms with van der Waals surface area (Å²) in [5.41, 5.74) is 0. The van der Waals surface area contributed by atoms with Crippen molar-refractivity contribution in [3.63, 3.8) is 0 Å². The third-order valence-electron chi connectivity index (χ3n) is 7.67. The molecule has 0 radical (unpaired) electrons. The van der Waals surface area contributed by atoms with E-state index in [4.69, 9.17) is 47.4 Å². The van der Waals surface area contributed by atoms with Gasteiger partial charge in [0.15, 0.2) is 0 Å². The molecular weight excluding hydrogens is 651 g/mol. The molecule has 0 aliphatic rings. The number of halogens is 1. The molecule has 12 heteroatoms. The van der Waals surface area contributed by atoms with Crippen LogP contribution in [-0.2, 0) is 52.2 Å². The second-order valence-electron chi connectivity index (χ2n) is 12.1. The van der Waals surface area contributed by atoms with E-state index in [9.17, 15) is 9.18 Å². The summed E-state index contributed by atoms with van der Waals surface area (Å²) < 4.78 is 65.5. The molecule has 0 fully saturated rings. The van der Waals surface area contributed by atoms with Gasteiger partial charge in [0.25, 0.3) is 0 Å². The Labute approximate surface area is 304 Å². The molecular formula is C38H75FO11. The Kier molecular flexibility index (Phi) is 45.2. The van der Waals surface area contributed by atoms with Gasteiger partial charge >= 0.3 is 5.97 Å². The third kappa shape index (κ3) is 45.1. The molecule has 0 heterocycles. The number of hydrogen-bond acceptors (Lipinski definition) is 11. The topological polar surface area (TPSA) is 109 Å². The summed E-state index contributed by atoms with van der Waals surface area (Å²) in [6.07, 6.45) is 20.2. The van der Waals surface area contributed by atoms with Crippen LogP contribution in [0.2, 0.25) is 0 Å². The molecule has 0 rings (SSSR count). The van der Waals surface area contributed by atoms with Crippen LogP contribution < -0.4 is 0 Å². The van der Waals surface area contributed by atoms with Gasteiger partial charge in [0.1, 0.15) is 13.3 Å². The van der Waals surface area contributed by atoms with Gasteiger partial charge in [-0.2, -0.15) is 0 Å². The molecule has 0 aliphatic heterocycles. The van der Waals surface area contributed by atoms with Gasteiger partial charge in [-0.15, -0.1) is 0 Å². The van der Waals surface area contributed by atoms with E-state index in [0.717, 1.165) is 12.8 Å². The van der Waals surface area contributed by atoms with Crippen molar-refractivity contribution in [1.29, 1.82) is 0 Å². The number of alkyl halides is 1. The lowest BCUT2D eigenvalue weighted by atomic mass is 10.0. The average molecular weight is 727 g/mol. The largest absolute Gasteiger partial charge is 0.463 e. The first kappa shape index (κ1) is 49.0. The highest BCUT2D eigenvalue weighted by atomic mass is 19.1. The van der Waals surface area contributed by atoms with Gasteiger partial charge in [-0.1, -0.05) is 96.8 Å². The molecule has 0 aliphatic carbocycles. The molecule has 0 atom stereocenters. The number of rotatable bonds is 45. The lowest BCUT2D eigenvalue weighted by Crippen LogP contribution is -2.15. The van der Waals surface area contributed by atoms with Gasteiger partial charge in [0.05, 0.1) is 119 Å². The number of carbonyl (C=O) groups is 1. The van der Waals surface area contributed by atoms with Crippen molar-refractivity contribution in [1.82, 2.24) is 0 Å². The van der Waals surface area contributed by atoms with Crippen LogP contribution in [0.4, 0.5) is 4.39 Å². The molecule has 0 unspecified atom stereocenters. The van der Waals surface area contributed by atoms with E-state index in [1.165, 1.54) is 83.5 Å². The first-order valence-corrected chi connectivity index (χ1v) is 19.7. The van der Waals surface area contributed by atoms with Crippen LogP contribution >= 0.6 is 0 Å². The standard InChI is InChI=1S/C38H75FO11/c1-2-3-4-5-6-7-8-9-10-11-12-13-14-15-16-17-38(40)50-37-36-49-35-34-48-33-32-47-31-30-46-29-28-45-27-26-44-25-24-43-23-22-42-21-20-41-19-18-39/h2-37H2,1H3. The summed E-state index contributed by atoms with van der Waals surface area (Å²) in [6, 6.07) is 0. The van der Waals surface area contributed by atoms with Crippen LogP contribution in [0.1, 0.15) is 110 Å². The Balaban J connectivity index is 3.13. The van der Waals surface area contributed by atoms with Crippen LogP contribution in [-0.4, -0.2) is 138 Å². The van der Waals surface area contributed by atoms with Crippen molar-refractivity contribution in [3.8, 4) is 0 Å². The van der Waals surface area contributed by atoms with Gasteiger partial charge < -0.3 is 47.4 Å². The molecule has 0 bridgehead atoms. The van der Waals surface area contributed by atoms with Gasteiger partial charge in [-0.05, 0) is 6.42 Å². The van der Waals surface area contributed by atoms with Crippen molar-refractivity contribution >= 4 is 5.97 Å². The van der Waals surface area contributed by atoms with Crippen molar-refractivity contribution < 1.29 is 56.6 Å². The van der Waals surface area contributed by atoms with Crippen molar-refractivity contribution in [2.24, 2.45) is 0 Å². The van der Waals surface area contributed by atoms with E-state index in [-0.39, 0.29) is 19.2 Å². The minimum atomic E-state index is -0.475. The second kappa shape index (κ2) is 46.1. The van der Waals surface area contributed by atoms with Crippen LogP contribution in [0.3, 0.4) is 0 Å². The monoisotopic (exact) mass is 727 g/mol. The quantitative estimate of drug-likeness (QED) is 0.0483. The molecule has 0 spiro atoms. The summed E-state index contributed by atoms with van der Waals surface area (Å²) in [5, 5.41) is 0. The Bertz CT molecular complexity index is 634. The zero-order valence-corrected chi connectivity index (χ0v) is 31.8. The van der Waals surface area contributed by atoms with E-state index >= 15 is 0 Å². The highest BCUT2D eigenvalue weighted by Crippen LogP contribution is 2.13. The molecule has 0 saturated heterocycles. The summed E-state index contributed by atoms with van der Waals surface area (Å²) in [4.78, 5) is 11.9. The summed E-state index contributed by atoms with van der Waals surface area (Å²) in [7, 11) is 0. The predicted molar refractivity (Wildman–Crippen MR) is 194 cm³/mol. The number of ether oxygens (including phenoxy) is 10. The lowest BCUT2D eigenvalue weighted by molar-refractivity contribution is -0.145. The van der Waals surface area contributed by atoms with E-state index < -0.39 is 6.67 Å². The van der Waals surface area contributed by atoms with Crippen molar-refractivity contribution in [3.05, 3.63) is 0 Å². The smallest absolute Gasteiger partial charge is 0.305 e. The van der Waals surface area contributed by atoms with E-state index in [1.54, 1.807) is 0 Å². The number of unbranched alkanes of at least 4 members (excludes halogenated alkanes) is 14. The second-order valence-corrected chi connectivity index (χ2v) is 12.1. The molecule has 0 aromatic heterocycles. The fourth-order valence-electron chi connectivity index (χ4n) is 4.84. The first-order chi connectivity index (χ1) is 24.8. The molecule has 0 aromatic rings. The number of esters is 1. The highest BCUT2D eigenvalue weighted by Gasteiger charge is 2.03. The minimum Gasteiger partial charge on any atom is -0.463 e. The van der Waals surface area contributed by atoms with Gasteiger partial charge in [0.2, 0.25) is 0 Å². The fourth-order valence-corrected chi connectivity index (χ4v) is 4.84. The van der Waals surface area contributed by atoms with Crippen molar-refractivity contribution in [2.45, 2.75) is 110 Å². The Morgan fingerprint density at radius 2 is 0.580 bits per heavy atom. The minimum absolute atomic E-state index is 0.113. The summed E-state index contributed by atoms with van der Waals surface area (Å²) in [6.45, 7) is 10.2. The Hall–Kier alpha value is -0.960. The molecule has 0 aromatic carbocycles. The average Bonchev–Trinajstić information content (AvgIpc) is 3.12. The van der Waals surface area contributed by atoms with Crippen LogP contribution in [0, 0.1) is 0 Å². The Morgan fingerprint density at radius 1 is 0.340 bits per heavy atom. The normalized spacial score (nSPS) is 11.5. The van der Waals surface area contributed by atoms with Gasteiger partial charge in [-0.25, -0.2) is 4.39 Å². The zero-order valence-electron chi connectivity index (χ0n) is 31.8. The molecule has 0 amide bonds. The van der Waals surface area contributed by atoms with E-state index in [0.29, 0.717) is 119 Å². The number of carbonyl (C=O) groups excluding carboxylic acids is 1. The van der Waals surface area contributed by atoms with Gasteiger partial charge in [-0.3, -0.25) is 4.79 Å². The van der Waals surface area contributed by atoms with Crippen LogP contribution in [0.5, 0.6) is 0 Å². The fraction of sp³-hybridized carbons (Fsp3) is 0.974. The SMILES string of the molecule is CCCCCCCCCCCCCCCCCC(=O)OCCOCCOCCOCCOCCOCCOCCOCCOCCOCCF. The summed E-state index contributed by atoms with van der Waals surface area (Å²) >= 11 is 0. The lowest BCUT2D eigenvalue weighted by Gasteiger charge is -2.09. The maximum atomic E-state index is 11.9. The molecule has 0 saturated carbocycles. The van der Waals surface area contributed by atoms with Crippen LogP contribution in [0.25, 0.3) is 0 Å².